The molecule has 9 aromatic heterocycles. The molecule has 104 heavy (non-hydrogen) atoms. The predicted molar refractivity (Wildman–Crippen MR) is 395 cm³/mol. The third-order valence-electron chi connectivity index (χ3n) is 20.9. The van der Waals surface area contributed by atoms with E-state index in [9.17, 15) is 28.9 Å². The minimum atomic E-state index is -2.84. The van der Waals surface area contributed by atoms with Crippen molar-refractivity contribution >= 4 is 40.3 Å². The number of ether oxygens (including phenoxy) is 3. The van der Waals surface area contributed by atoms with Crippen LogP contribution in [0.3, 0.4) is 0 Å². The molecule has 29 heteroatoms. The topological polar surface area (TPSA) is 299 Å². The lowest BCUT2D eigenvalue weighted by molar-refractivity contribution is -0.130. The third kappa shape index (κ3) is 17.7. The number of amides is 1. The molecule has 5 aliphatic rings. The number of halogens is 2. The number of carbonyl (C=O) groups excluding carboxylic acids is 1. The van der Waals surface area contributed by atoms with E-state index in [0.29, 0.717) is 67.4 Å². The van der Waals surface area contributed by atoms with Crippen molar-refractivity contribution in [3.63, 3.8) is 0 Å². The normalized spacial score (nSPS) is 22.2. The number of aromatic nitrogens is 14. The number of pyridine rings is 1. The van der Waals surface area contributed by atoms with Crippen molar-refractivity contribution in [3.05, 3.63) is 127 Å². The van der Waals surface area contributed by atoms with Gasteiger partial charge in [0.1, 0.15) is 0 Å². The molecule has 11 heterocycles. The molecule has 5 atom stereocenters. The summed E-state index contributed by atoms with van der Waals surface area (Å²) in [4.78, 5) is 34.6. The van der Waals surface area contributed by atoms with Crippen LogP contribution in [0, 0.1) is 0 Å². The van der Waals surface area contributed by atoms with Gasteiger partial charge in [-0.15, -0.1) is 15.3 Å². The van der Waals surface area contributed by atoms with Gasteiger partial charge in [-0.05, 0) is 149 Å². The summed E-state index contributed by atoms with van der Waals surface area (Å²) in [6.45, 7) is 20.2. The molecule has 14 rings (SSSR count). The molecule has 7 N–H and O–H groups in total. The number of rotatable bonds is 24. The van der Waals surface area contributed by atoms with Gasteiger partial charge in [0.25, 0.3) is 5.91 Å². The van der Waals surface area contributed by atoms with Gasteiger partial charge >= 0.3 is 6.61 Å². The Bertz CT molecular complexity index is 4190. The third-order valence-corrected chi connectivity index (χ3v) is 20.9. The number of aliphatic hydroxyl groups excluding tert-OH is 3. The maximum absolute atomic E-state index is 12.4. The summed E-state index contributed by atoms with van der Waals surface area (Å²) >= 11 is 0. The molecule has 5 fully saturated rings. The van der Waals surface area contributed by atoms with Crippen LogP contribution in [0.5, 0.6) is 0 Å². The molecular formula is C75H102F2N20O7. The van der Waals surface area contributed by atoms with E-state index in [1.807, 2.05) is 53.7 Å². The second-order valence-corrected chi connectivity index (χ2v) is 28.9. The summed E-state index contributed by atoms with van der Waals surface area (Å²) in [6.07, 6.45) is 28.5. The molecular weight excluding hydrogens is 1330 g/mol. The molecule has 1 amide bonds. The highest BCUT2D eigenvalue weighted by atomic mass is 19.3. The zero-order chi connectivity index (χ0) is 73.3. The van der Waals surface area contributed by atoms with Crippen LogP contribution in [-0.2, 0) is 14.2 Å². The molecule has 9 aromatic rings. The first-order valence-electron chi connectivity index (χ1n) is 36.7. The second kappa shape index (κ2) is 33.8. The summed E-state index contributed by atoms with van der Waals surface area (Å²) in [7, 11) is 4.95. The van der Waals surface area contributed by atoms with Crippen molar-refractivity contribution in [2.75, 3.05) is 83.2 Å². The molecule has 2 aliphatic heterocycles. The van der Waals surface area contributed by atoms with Gasteiger partial charge in [-0.3, -0.25) is 19.1 Å². The number of hydrogen-bond acceptors (Lipinski definition) is 21. The molecule has 558 valence electrons. The molecule has 0 unspecified atom stereocenters. The summed E-state index contributed by atoms with van der Waals surface area (Å²) < 4.78 is 49.7. The summed E-state index contributed by atoms with van der Waals surface area (Å²) in [5.41, 5.74) is 14.6. The Morgan fingerprint density at radius 1 is 0.529 bits per heavy atom. The van der Waals surface area contributed by atoms with E-state index >= 15 is 0 Å². The Balaban J connectivity index is 0.000000147. The average molecular weight is 1430 g/mol. The standard InChI is InChI=1S/2C26H37N7O2.C23H28F2N6O3/c2*1-17(2)31-10-9-21(15-31)32-14-20(12-28-32)23-11-24(19-5-7-22(34)8-6-19)33-25(23)13-27-26(30-33)29-18(3)16-35-4;1-13(12-34-22(24)25)29-23-28-11-20-18(15-7-16(10-27-9-15)21(33)26-2)8-19(31(20)30-23)14-3-5-17(32)6-4-14/h2*11-14,18-19,21-22,34H,1,5-10,15-16H2,2-4H3,(H,29,30);7-11,13-14,17,22,32H,3-6,12H2,1-2H3,(H,26,33)(H,29,30)/t18-,19?,21+,22?;18-,19?,21-,22?;13-,14?,17?/m000/s1. The van der Waals surface area contributed by atoms with Gasteiger partial charge in [-0.1, -0.05) is 13.2 Å². The number of hydrogen-bond donors (Lipinski definition) is 7. The lowest BCUT2D eigenvalue weighted by atomic mass is 9.85. The molecule has 3 aliphatic carbocycles. The van der Waals surface area contributed by atoms with Crippen molar-refractivity contribution < 1.29 is 43.1 Å². The lowest BCUT2D eigenvalue weighted by Crippen LogP contribution is -2.25. The van der Waals surface area contributed by atoms with Crippen LogP contribution in [0.4, 0.5) is 26.6 Å². The lowest BCUT2D eigenvalue weighted by Gasteiger charge is -2.25. The highest BCUT2D eigenvalue weighted by molar-refractivity contribution is 5.95. The van der Waals surface area contributed by atoms with Crippen LogP contribution < -0.4 is 21.3 Å². The van der Waals surface area contributed by atoms with Gasteiger partial charge in [0, 0.05) is 170 Å². The molecule has 0 aromatic carbocycles. The van der Waals surface area contributed by atoms with E-state index in [1.165, 1.54) is 17.6 Å². The number of alkyl halides is 2. The van der Waals surface area contributed by atoms with E-state index in [-0.39, 0.29) is 54.8 Å². The highest BCUT2D eigenvalue weighted by Gasteiger charge is 2.32. The van der Waals surface area contributed by atoms with Crippen molar-refractivity contribution in [1.82, 2.24) is 83.5 Å². The van der Waals surface area contributed by atoms with Crippen LogP contribution >= 0.6 is 0 Å². The van der Waals surface area contributed by atoms with Crippen LogP contribution in [0.2, 0.25) is 0 Å². The Morgan fingerprint density at radius 2 is 0.904 bits per heavy atom. The Hall–Kier alpha value is -9.00. The largest absolute Gasteiger partial charge is 0.393 e. The molecule has 2 saturated heterocycles. The number of nitrogens with zero attached hydrogens (tertiary/aromatic N) is 16. The van der Waals surface area contributed by atoms with Crippen LogP contribution in [0.25, 0.3) is 49.9 Å². The minimum absolute atomic E-state index is 0.101. The van der Waals surface area contributed by atoms with E-state index in [0.717, 1.165) is 170 Å². The van der Waals surface area contributed by atoms with Gasteiger partial charge in [-0.25, -0.2) is 28.5 Å². The summed E-state index contributed by atoms with van der Waals surface area (Å²) in [5.74, 6) is 2.12. The summed E-state index contributed by atoms with van der Waals surface area (Å²) in [5, 5.41) is 66.2. The fourth-order valence-electron chi connectivity index (χ4n) is 15.2. The summed E-state index contributed by atoms with van der Waals surface area (Å²) in [6, 6.07) is 8.79. The SMILES string of the molecule is C=C(C)N1CC[C@@H](n2cc(-c3cc(C4CCC(O)CC4)n4nc(N[C@@H](C)COC)ncc34)cn2)C1.C=C(C)N1CC[C@H](n2cc(-c3cc(C4CCC(O)CC4)n4nc(N[C@@H](C)COC)ncc34)cn2)C1.CNC(=O)c1cncc(-c2cc(C3CCC(O)CC3)n3nc(N[C@@H](C)COC(F)F)ncc23)c1. The predicted octanol–water partition coefficient (Wildman–Crippen LogP) is 10.9. The zero-order valence-electron chi connectivity index (χ0n) is 61.1. The van der Waals surface area contributed by atoms with E-state index in [1.54, 1.807) is 51.2 Å². The Kier molecular flexibility index (Phi) is 24.3. The van der Waals surface area contributed by atoms with Gasteiger partial charge in [0.05, 0.1) is 103 Å². The van der Waals surface area contributed by atoms with Crippen molar-refractivity contribution in [1.29, 1.82) is 0 Å². The smallest absolute Gasteiger partial charge is 0.345 e. The molecule has 3 saturated carbocycles. The van der Waals surface area contributed by atoms with Crippen LogP contribution in [-0.4, -0.2) is 210 Å². The van der Waals surface area contributed by atoms with E-state index in [2.05, 4.69) is 122 Å². The van der Waals surface area contributed by atoms with Crippen LogP contribution in [0.15, 0.2) is 105 Å². The van der Waals surface area contributed by atoms with Crippen LogP contribution in [0.1, 0.15) is 182 Å². The highest BCUT2D eigenvalue weighted by Crippen LogP contribution is 2.42. The number of aliphatic hydroxyl groups is 3. The minimum Gasteiger partial charge on any atom is -0.393 e. The van der Waals surface area contributed by atoms with Crippen molar-refractivity contribution in [3.8, 4) is 33.4 Å². The fraction of sp³-hybridized carbons (Fsp3) is 0.547. The molecule has 0 radical (unpaired) electrons. The first-order chi connectivity index (χ1) is 50.2. The molecule has 27 nitrogen and oxygen atoms in total. The quantitative estimate of drug-likeness (QED) is 0.0296. The monoisotopic (exact) mass is 1430 g/mol. The van der Waals surface area contributed by atoms with E-state index < -0.39 is 12.7 Å². The number of anilines is 3. The molecule has 0 bridgehead atoms. The van der Waals surface area contributed by atoms with Gasteiger partial charge in [0.2, 0.25) is 17.8 Å². The van der Waals surface area contributed by atoms with Gasteiger partial charge < -0.3 is 60.6 Å². The first-order valence-corrected chi connectivity index (χ1v) is 36.7. The first kappa shape index (κ1) is 74.7. The van der Waals surface area contributed by atoms with Gasteiger partial charge in [0.15, 0.2) is 0 Å². The number of methoxy groups -OCH3 is 2. The average Bonchev–Trinajstić information content (AvgIpc) is 1.62. The molecule has 0 spiro atoms. The van der Waals surface area contributed by atoms with E-state index in [4.69, 9.17) is 29.9 Å². The second-order valence-electron chi connectivity index (χ2n) is 28.9. The zero-order valence-corrected chi connectivity index (χ0v) is 61.1. The number of fused-ring (bicyclic) bond motifs is 3. The number of carbonyl (C=O) groups is 1. The maximum Gasteiger partial charge on any atom is 0.345 e. The number of allylic oxidation sites excluding steroid dienone is 2. The fourth-order valence-corrected chi connectivity index (χ4v) is 15.2. The Morgan fingerprint density at radius 3 is 1.25 bits per heavy atom. The van der Waals surface area contributed by atoms with Crippen molar-refractivity contribution in [2.45, 2.75) is 197 Å². The Labute approximate surface area is 605 Å². The maximum atomic E-state index is 12.4. The number of likely N-dealkylation sites (tertiary alicyclic amines) is 2. The van der Waals surface area contributed by atoms with Gasteiger partial charge in [-0.2, -0.15) is 19.0 Å². The van der Waals surface area contributed by atoms with Crippen molar-refractivity contribution in [2.24, 2.45) is 0 Å². The number of nitrogens with one attached hydrogen (secondary N) is 4.